The molecule has 2 heteroatoms. The van der Waals surface area contributed by atoms with E-state index in [4.69, 9.17) is 4.98 Å². The van der Waals surface area contributed by atoms with Crippen LogP contribution in [0.4, 0.5) is 0 Å². The lowest BCUT2D eigenvalue weighted by molar-refractivity contribution is 1.00. The first-order valence-corrected chi connectivity index (χ1v) is 12.4. The van der Waals surface area contributed by atoms with Crippen molar-refractivity contribution in [3.8, 4) is 16.8 Å². The Morgan fingerprint density at radius 1 is 0.528 bits per heavy atom. The molecule has 0 amide bonds. The van der Waals surface area contributed by atoms with Crippen LogP contribution in [0.2, 0.25) is 0 Å². The lowest BCUT2D eigenvalue weighted by atomic mass is 9.87. The summed E-state index contributed by atoms with van der Waals surface area (Å²) in [6, 6.07) is 41.9. The molecular weight excluding hydrogens is 436 g/mol. The molecule has 0 saturated carbocycles. The Balaban J connectivity index is 1.36. The molecule has 8 aromatic rings. The van der Waals surface area contributed by atoms with Gasteiger partial charge in [0.05, 0.1) is 11.0 Å². The highest BCUT2D eigenvalue weighted by Gasteiger charge is 2.15. The Hall–Kier alpha value is -4.69. The average molecular weight is 459 g/mol. The van der Waals surface area contributed by atoms with Crippen molar-refractivity contribution >= 4 is 54.1 Å². The van der Waals surface area contributed by atoms with Crippen LogP contribution in [-0.2, 0) is 0 Å². The first-order chi connectivity index (χ1) is 17.8. The van der Waals surface area contributed by atoms with Gasteiger partial charge in [-0.1, -0.05) is 91.0 Å². The van der Waals surface area contributed by atoms with Gasteiger partial charge in [0.15, 0.2) is 0 Å². The van der Waals surface area contributed by atoms with Gasteiger partial charge in [0.25, 0.3) is 0 Å². The number of fused-ring (bicyclic) bond motifs is 3. The molecule has 0 aliphatic carbocycles. The zero-order chi connectivity index (χ0) is 23.8. The molecule has 7 aromatic carbocycles. The van der Waals surface area contributed by atoms with Gasteiger partial charge >= 0.3 is 0 Å². The third kappa shape index (κ3) is 2.59. The Bertz CT molecular complexity index is 2050. The molecule has 1 aromatic heterocycles. The molecule has 0 atom stereocenters. The van der Waals surface area contributed by atoms with Crippen molar-refractivity contribution in [1.29, 1.82) is 0 Å². The van der Waals surface area contributed by atoms with E-state index in [-0.39, 0.29) is 0 Å². The second-order valence-electron chi connectivity index (χ2n) is 9.63. The van der Waals surface area contributed by atoms with Crippen molar-refractivity contribution in [1.82, 2.24) is 9.55 Å². The molecule has 0 spiro atoms. The highest BCUT2D eigenvalue weighted by atomic mass is 15.1. The zero-order valence-electron chi connectivity index (χ0n) is 19.9. The third-order valence-corrected chi connectivity index (χ3v) is 7.69. The van der Waals surface area contributed by atoms with Crippen molar-refractivity contribution in [2.45, 2.75) is 6.92 Å². The molecule has 0 N–H and O–H groups in total. The molecule has 1 heterocycles. The van der Waals surface area contributed by atoms with Gasteiger partial charge in [0.2, 0.25) is 0 Å². The van der Waals surface area contributed by atoms with Crippen molar-refractivity contribution in [2.24, 2.45) is 0 Å². The molecule has 0 radical (unpaired) electrons. The minimum absolute atomic E-state index is 0.998. The Kier molecular flexibility index (Phi) is 3.90. The van der Waals surface area contributed by atoms with Crippen molar-refractivity contribution in [2.75, 3.05) is 0 Å². The summed E-state index contributed by atoms with van der Waals surface area (Å²) in [5.41, 5.74) is 5.78. The molecule has 0 fully saturated rings. The van der Waals surface area contributed by atoms with Crippen molar-refractivity contribution in [3.63, 3.8) is 0 Å². The standard InChI is InChI=1S/C34H22N2/c1-21-35-31-13-2-3-14-32(31)36(21)24-17-15-22(16-18-24)25-19-20-30-28-10-5-8-23-7-4-9-27(33(23)28)29-12-6-11-26(25)34(29)30/h2-20H,1H3. The van der Waals surface area contributed by atoms with Crippen LogP contribution in [-0.4, -0.2) is 9.55 Å². The largest absolute Gasteiger partial charge is 0.297 e. The van der Waals surface area contributed by atoms with E-state index in [1.807, 2.05) is 6.07 Å². The van der Waals surface area contributed by atoms with E-state index in [1.165, 1.54) is 54.2 Å². The number of benzene rings is 7. The smallest absolute Gasteiger partial charge is 0.111 e. The summed E-state index contributed by atoms with van der Waals surface area (Å²) in [5, 5.41) is 10.6. The maximum atomic E-state index is 4.74. The first kappa shape index (κ1) is 19.6. The number of aromatic nitrogens is 2. The number of aryl methyl sites for hydroxylation is 1. The topological polar surface area (TPSA) is 17.8 Å². The number of hydrogen-bond acceptors (Lipinski definition) is 1. The SMILES string of the molecule is Cc1nc2ccccc2n1-c1ccc(-c2ccc3c4cccc5cccc(c6cccc2c63)c54)cc1. The molecule has 2 nitrogen and oxygen atoms in total. The lowest BCUT2D eigenvalue weighted by Crippen LogP contribution is -1.96. The quantitative estimate of drug-likeness (QED) is 0.187. The van der Waals surface area contributed by atoms with Gasteiger partial charge in [-0.2, -0.15) is 0 Å². The maximum Gasteiger partial charge on any atom is 0.111 e. The van der Waals surface area contributed by atoms with Crippen LogP contribution >= 0.6 is 0 Å². The van der Waals surface area contributed by atoms with Crippen LogP contribution in [0.15, 0.2) is 115 Å². The third-order valence-electron chi connectivity index (χ3n) is 7.69. The molecule has 0 unspecified atom stereocenters. The molecule has 0 aliphatic heterocycles. The number of rotatable bonds is 2. The van der Waals surface area contributed by atoms with Crippen LogP contribution in [0, 0.1) is 6.92 Å². The molecule has 8 rings (SSSR count). The molecular formula is C34H22N2. The van der Waals surface area contributed by atoms with Gasteiger partial charge in [0.1, 0.15) is 5.82 Å². The average Bonchev–Trinajstić information content (AvgIpc) is 3.27. The van der Waals surface area contributed by atoms with Crippen molar-refractivity contribution in [3.05, 3.63) is 121 Å². The predicted molar refractivity (Wildman–Crippen MR) is 152 cm³/mol. The normalized spacial score (nSPS) is 12.0. The molecule has 168 valence electrons. The molecule has 0 saturated heterocycles. The van der Waals surface area contributed by atoms with Gasteiger partial charge in [0, 0.05) is 5.69 Å². The van der Waals surface area contributed by atoms with Gasteiger partial charge in [-0.3, -0.25) is 4.57 Å². The van der Waals surface area contributed by atoms with Gasteiger partial charge in [-0.25, -0.2) is 4.98 Å². The van der Waals surface area contributed by atoms with Gasteiger partial charge in [-0.05, 0) is 85.4 Å². The van der Waals surface area contributed by atoms with E-state index in [0.29, 0.717) is 0 Å². The van der Waals surface area contributed by atoms with Crippen LogP contribution in [0.3, 0.4) is 0 Å². The van der Waals surface area contributed by atoms with E-state index in [2.05, 4.69) is 121 Å². The lowest BCUT2D eigenvalue weighted by Gasteiger charge is -2.16. The highest BCUT2D eigenvalue weighted by Crippen LogP contribution is 2.43. The van der Waals surface area contributed by atoms with E-state index in [1.54, 1.807) is 0 Å². The Morgan fingerprint density at radius 2 is 1.17 bits per heavy atom. The van der Waals surface area contributed by atoms with Crippen LogP contribution in [0.25, 0.3) is 70.9 Å². The summed E-state index contributed by atoms with van der Waals surface area (Å²) < 4.78 is 2.23. The second kappa shape index (κ2) is 7.16. The number of para-hydroxylation sites is 2. The Labute approximate surface area is 208 Å². The summed E-state index contributed by atoms with van der Waals surface area (Å²) in [4.78, 5) is 4.74. The van der Waals surface area contributed by atoms with E-state index in [0.717, 1.165) is 22.5 Å². The summed E-state index contributed by atoms with van der Waals surface area (Å²) >= 11 is 0. The summed E-state index contributed by atoms with van der Waals surface area (Å²) in [6.45, 7) is 2.07. The minimum atomic E-state index is 0.998. The fourth-order valence-electron chi connectivity index (χ4n) is 6.16. The van der Waals surface area contributed by atoms with Gasteiger partial charge < -0.3 is 0 Å². The number of hydrogen-bond donors (Lipinski definition) is 0. The fraction of sp³-hybridized carbons (Fsp3) is 0.0294. The Morgan fingerprint density at radius 3 is 1.94 bits per heavy atom. The van der Waals surface area contributed by atoms with Gasteiger partial charge in [-0.15, -0.1) is 0 Å². The van der Waals surface area contributed by atoms with Crippen LogP contribution < -0.4 is 0 Å². The minimum Gasteiger partial charge on any atom is -0.297 e. The fourth-order valence-corrected chi connectivity index (χ4v) is 6.16. The predicted octanol–water partition coefficient (Wildman–Crippen LogP) is 9.05. The first-order valence-electron chi connectivity index (χ1n) is 12.4. The van der Waals surface area contributed by atoms with E-state index in [9.17, 15) is 0 Å². The summed E-state index contributed by atoms with van der Waals surface area (Å²) in [6.07, 6.45) is 0. The highest BCUT2D eigenvalue weighted by molar-refractivity contribution is 6.34. The van der Waals surface area contributed by atoms with Crippen molar-refractivity contribution < 1.29 is 0 Å². The summed E-state index contributed by atoms with van der Waals surface area (Å²) in [7, 11) is 0. The zero-order valence-corrected chi connectivity index (χ0v) is 19.9. The maximum absolute atomic E-state index is 4.74. The summed E-state index contributed by atoms with van der Waals surface area (Å²) in [5.74, 6) is 0.998. The van der Waals surface area contributed by atoms with Crippen LogP contribution in [0.5, 0.6) is 0 Å². The molecule has 36 heavy (non-hydrogen) atoms. The number of nitrogens with zero attached hydrogens (tertiary/aromatic N) is 2. The molecule has 0 aliphatic rings. The number of imidazole rings is 1. The molecule has 0 bridgehead atoms. The van der Waals surface area contributed by atoms with E-state index >= 15 is 0 Å². The second-order valence-corrected chi connectivity index (χ2v) is 9.63. The monoisotopic (exact) mass is 458 g/mol. The van der Waals surface area contributed by atoms with E-state index < -0.39 is 0 Å². The van der Waals surface area contributed by atoms with Crippen LogP contribution in [0.1, 0.15) is 5.82 Å².